The molecule has 2 aromatic rings. The van der Waals surface area contributed by atoms with E-state index in [2.05, 4.69) is 5.32 Å². The molecular weight excluding hydrogens is 324 g/mol. The third kappa shape index (κ3) is 5.00. The minimum atomic E-state index is -0.916. The summed E-state index contributed by atoms with van der Waals surface area (Å²) < 4.78 is 4.72. The Morgan fingerprint density at radius 2 is 1.76 bits per heavy atom. The monoisotopic (exact) mass is 340 g/mol. The van der Waals surface area contributed by atoms with E-state index in [1.54, 1.807) is 30.3 Å². The van der Waals surface area contributed by atoms with Crippen LogP contribution >= 0.6 is 0 Å². The van der Waals surface area contributed by atoms with E-state index in [1.165, 1.54) is 43.5 Å². The summed E-state index contributed by atoms with van der Waals surface area (Å²) in [4.78, 5) is 34.1. The molecule has 0 spiro atoms. The fraction of sp³-hybridized carbons (Fsp3) is 0.111. The highest BCUT2D eigenvalue weighted by Crippen LogP contribution is 2.15. The molecule has 0 aromatic heterocycles. The zero-order chi connectivity index (χ0) is 18.2. The Morgan fingerprint density at radius 3 is 2.32 bits per heavy atom. The Balaban J connectivity index is 2.08. The van der Waals surface area contributed by atoms with Crippen LogP contribution < -0.4 is 5.32 Å². The van der Waals surface area contributed by atoms with Crippen molar-refractivity contribution in [2.75, 3.05) is 7.11 Å². The van der Waals surface area contributed by atoms with Gasteiger partial charge < -0.3 is 10.1 Å². The van der Waals surface area contributed by atoms with Gasteiger partial charge in [-0.2, -0.15) is 0 Å². The molecule has 2 aromatic carbocycles. The van der Waals surface area contributed by atoms with Crippen molar-refractivity contribution in [1.82, 2.24) is 5.32 Å². The number of non-ortho nitro benzene ring substituents is 1. The fourth-order valence-electron chi connectivity index (χ4n) is 2.11. The first-order valence-electron chi connectivity index (χ1n) is 7.37. The lowest BCUT2D eigenvalue weighted by atomic mass is 10.1. The largest absolute Gasteiger partial charge is 0.467 e. The molecular formula is C18H16N2O5. The number of benzene rings is 2. The Labute approximate surface area is 144 Å². The molecule has 7 nitrogen and oxygen atoms in total. The maximum atomic E-state index is 12.1. The van der Waals surface area contributed by atoms with Gasteiger partial charge in [-0.25, -0.2) is 4.79 Å². The van der Waals surface area contributed by atoms with Gasteiger partial charge in [0, 0.05) is 18.2 Å². The van der Waals surface area contributed by atoms with Crippen molar-refractivity contribution in [3.05, 3.63) is 81.9 Å². The van der Waals surface area contributed by atoms with Crippen LogP contribution in [0.25, 0.3) is 6.08 Å². The minimum Gasteiger partial charge on any atom is -0.467 e. The van der Waals surface area contributed by atoms with Crippen molar-refractivity contribution >= 4 is 23.6 Å². The van der Waals surface area contributed by atoms with E-state index >= 15 is 0 Å². The Hall–Kier alpha value is -3.48. The molecule has 25 heavy (non-hydrogen) atoms. The molecule has 0 aliphatic carbocycles. The lowest BCUT2D eigenvalue weighted by Crippen LogP contribution is -2.33. The third-order valence-electron chi connectivity index (χ3n) is 3.39. The third-order valence-corrected chi connectivity index (χ3v) is 3.39. The molecule has 0 bridgehead atoms. The Bertz CT molecular complexity index is 785. The van der Waals surface area contributed by atoms with Crippen LogP contribution in [0, 0.1) is 10.1 Å². The summed E-state index contributed by atoms with van der Waals surface area (Å²) in [6, 6.07) is 13.6. The summed E-state index contributed by atoms with van der Waals surface area (Å²) >= 11 is 0. The molecule has 0 aliphatic heterocycles. The number of ether oxygens (including phenoxy) is 1. The highest BCUT2D eigenvalue weighted by Gasteiger charge is 2.22. The first-order chi connectivity index (χ1) is 12.0. The first kappa shape index (κ1) is 17.9. The molecule has 2 rings (SSSR count). The van der Waals surface area contributed by atoms with Crippen molar-refractivity contribution in [1.29, 1.82) is 0 Å². The molecule has 1 atom stereocenters. The van der Waals surface area contributed by atoms with E-state index in [0.717, 1.165) is 0 Å². The number of amides is 1. The van der Waals surface area contributed by atoms with E-state index in [4.69, 9.17) is 4.74 Å². The lowest BCUT2D eigenvalue weighted by molar-refractivity contribution is -0.384. The summed E-state index contributed by atoms with van der Waals surface area (Å²) in [5.41, 5.74) is 1.19. The first-order valence-corrected chi connectivity index (χ1v) is 7.37. The molecule has 0 saturated carbocycles. The summed E-state index contributed by atoms with van der Waals surface area (Å²) in [5, 5.41) is 13.2. The van der Waals surface area contributed by atoms with Crippen LogP contribution in [0.15, 0.2) is 60.7 Å². The van der Waals surface area contributed by atoms with Gasteiger partial charge in [-0.3, -0.25) is 14.9 Å². The lowest BCUT2D eigenvalue weighted by Gasteiger charge is -2.15. The number of nitro benzene ring substituents is 1. The van der Waals surface area contributed by atoms with Crippen LogP contribution in [0.3, 0.4) is 0 Å². The highest BCUT2D eigenvalue weighted by atomic mass is 16.6. The van der Waals surface area contributed by atoms with Crippen LogP contribution in [0.1, 0.15) is 17.2 Å². The van der Waals surface area contributed by atoms with Gasteiger partial charge in [0.2, 0.25) is 5.91 Å². The molecule has 1 amide bonds. The summed E-state index contributed by atoms with van der Waals surface area (Å²) in [6.07, 6.45) is 2.75. The summed E-state index contributed by atoms with van der Waals surface area (Å²) in [7, 11) is 1.25. The Kier molecular flexibility index (Phi) is 6.00. The second kappa shape index (κ2) is 8.39. The molecule has 0 fully saturated rings. The standard InChI is InChI=1S/C18H16N2O5/c1-25-18(22)17(14-5-3-2-4-6-14)19-16(21)12-9-13-7-10-15(11-8-13)20(23)24/h2-12,17H,1H3,(H,19,21)/b12-9+/t17-/m0/s1. The average molecular weight is 340 g/mol. The van der Waals surface area contributed by atoms with Crippen molar-refractivity contribution in [2.45, 2.75) is 6.04 Å². The smallest absolute Gasteiger partial charge is 0.333 e. The van der Waals surface area contributed by atoms with Gasteiger partial charge in [0.25, 0.3) is 5.69 Å². The second-order valence-corrected chi connectivity index (χ2v) is 5.06. The van der Waals surface area contributed by atoms with Gasteiger partial charge in [-0.05, 0) is 29.3 Å². The van der Waals surface area contributed by atoms with E-state index in [9.17, 15) is 19.7 Å². The average Bonchev–Trinajstić information content (AvgIpc) is 2.64. The number of carbonyl (C=O) groups is 2. The van der Waals surface area contributed by atoms with Crippen molar-refractivity contribution in [3.8, 4) is 0 Å². The van der Waals surface area contributed by atoms with Crippen LogP contribution in [0.4, 0.5) is 5.69 Å². The van der Waals surface area contributed by atoms with Gasteiger partial charge in [-0.15, -0.1) is 0 Å². The number of nitrogens with one attached hydrogen (secondary N) is 1. The summed E-state index contributed by atoms with van der Waals surface area (Å²) in [5.74, 6) is -1.07. The molecule has 0 aliphatic rings. The quantitative estimate of drug-likeness (QED) is 0.377. The topological polar surface area (TPSA) is 98.5 Å². The zero-order valence-electron chi connectivity index (χ0n) is 13.4. The predicted octanol–water partition coefficient (Wildman–Crippen LogP) is 2.64. The van der Waals surface area contributed by atoms with E-state index in [1.807, 2.05) is 0 Å². The number of rotatable bonds is 6. The Morgan fingerprint density at radius 1 is 1.12 bits per heavy atom. The van der Waals surface area contributed by atoms with Crippen LogP contribution in [-0.4, -0.2) is 23.9 Å². The van der Waals surface area contributed by atoms with Crippen molar-refractivity contribution in [3.63, 3.8) is 0 Å². The molecule has 7 heteroatoms. The number of hydrogen-bond acceptors (Lipinski definition) is 5. The molecule has 1 N–H and O–H groups in total. The molecule has 0 heterocycles. The van der Waals surface area contributed by atoms with Crippen LogP contribution in [-0.2, 0) is 14.3 Å². The molecule has 128 valence electrons. The second-order valence-electron chi connectivity index (χ2n) is 5.06. The van der Waals surface area contributed by atoms with E-state index in [-0.39, 0.29) is 5.69 Å². The minimum absolute atomic E-state index is 0.0311. The van der Waals surface area contributed by atoms with Gasteiger partial charge in [-0.1, -0.05) is 30.3 Å². The maximum absolute atomic E-state index is 12.1. The van der Waals surface area contributed by atoms with Crippen LogP contribution in [0.5, 0.6) is 0 Å². The van der Waals surface area contributed by atoms with E-state index in [0.29, 0.717) is 11.1 Å². The highest BCUT2D eigenvalue weighted by molar-refractivity contribution is 5.94. The van der Waals surface area contributed by atoms with Gasteiger partial charge >= 0.3 is 5.97 Å². The SMILES string of the molecule is COC(=O)[C@@H](NC(=O)/C=C/c1ccc([N+](=O)[O-])cc1)c1ccccc1. The van der Waals surface area contributed by atoms with Crippen molar-refractivity contribution in [2.24, 2.45) is 0 Å². The predicted molar refractivity (Wildman–Crippen MR) is 91.5 cm³/mol. The van der Waals surface area contributed by atoms with Gasteiger partial charge in [0.15, 0.2) is 6.04 Å². The fourth-order valence-corrected chi connectivity index (χ4v) is 2.11. The zero-order valence-corrected chi connectivity index (χ0v) is 13.4. The number of methoxy groups -OCH3 is 1. The molecule has 0 saturated heterocycles. The van der Waals surface area contributed by atoms with Gasteiger partial charge in [0.1, 0.15) is 0 Å². The number of nitrogens with zero attached hydrogens (tertiary/aromatic N) is 1. The molecule has 0 radical (unpaired) electrons. The van der Waals surface area contributed by atoms with Crippen molar-refractivity contribution < 1.29 is 19.2 Å². The number of carbonyl (C=O) groups excluding carboxylic acids is 2. The summed E-state index contributed by atoms with van der Waals surface area (Å²) in [6.45, 7) is 0. The maximum Gasteiger partial charge on any atom is 0.333 e. The number of nitro groups is 1. The number of hydrogen-bond donors (Lipinski definition) is 1. The van der Waals surface area contributed by atoms with Crippen LogP contribution in [0.2, 0.25) is 0 Å². The van der Waals surface area contributed by atoms with E-state index < -0.39 is 22.8 Å². The normalized spacial score (nSPS) is 11.7. The molecule has 0 unspecified atom stereocenters. The van der Waals surface area contributed by atoms with Gasteiger partial charge in [0.05, 0.1) is 12.0 Å². The number of esters is 1.